The molecule has 5 nitrogen and oxygen atoms in total. The third-order valence-electron chi connectivity index (χ3n) is 5.80. The lowest BCUT2D eigenvalue weighted by Crippen LogP contribution is -2.40. The van der Waals surface area contributed by atoms with Crippen LogP contribution in [0.1, 0.15) is 22.3 Å². The summed E-state index contributed by atoms with van der Waals surface area (Å²) in [5, 5.41) is 3.62. The number of rotatable bonds is 3. The summed E-state index contributed by atoms with van der Waals surface area (Å²) >= 11 is 0. The summed E-state index contributed by atoms with van der Waals surface area (Å²) in [5.41, 5.74) is 5.38. The van der Waals surface area contributed by atoms with Crippen molar-refractivity contribution in [3.05, 3.63) is 94.8 Å². The highest BCUT2D eigenvalue weighted by Crippen LogP contribution is 2.53. The number of ether oxygens (including phenoxy) is 1. The summed E-state index contributed by atoms with van der Waals surface area (Å²) in [6, 6.07) is 15.5. The maximum atomic E-state index is 14.0. The number of nitrogens with zero attached hydrogens (tertiary/aromatic N) is 1. The van der Waals surface area contributed by atoms with Gasteiger partial charge in [-0.25, -0.2) is 14.2 Å². The second-order valence-corrected chi connectivity index (χ2v) is 8.26. The number of anilines is 1. The van der Waals surface area contributed by atoms with Crippen molar-refractivity contribution in [1.82, 2.24) is 10.4 Å². The molecule has 35 heavy (non-hydrogen) atoms. The van der Waals surface area contributed by atoms with E-state index in [1.54, 1.807) is 12.1 Å². The lowest BCUT2D eigenvalue weighted by atomic mass is 10.00. The SMILES string of the molecule is Cc1ccc(C2=C(c3cccc(F)c3)CN(C(=O)Nc3ccc4c(c3)C(F)(F)C(F)(F)O4)N2)cc1. The molecule has 0 bridgehead atoms. The zero-order valence-electron chi connectivity index (χ0n) is 18.2. The van der Waals surface area contributed by atoms with Crippen LogP contribution in [0.25, 0.3) is 11.3 Å². The van der Waals surface area contributed by atoms with E-state index in [-0.39, 0.29) is 12.2 Å². The Bertz CT molecular complexity index is 1360. The van der Waals surface area contributed by atoms with Crippen molar-refractivity contribution in [2.24, 2.45) is 0 Å². The maximum Gasteiger partial charge on any atom is 0.469 e. The Balaban J connectivity index is 1.41. The standard InChI is InChI=1S/C25H18F5N3O2/c1-14-5-7-15(8-6-14)22-19(16-3-2-4-17(26)11-16)13-33(32-22)23(34)31-18-9-10-21-20(12-18)24(27,28)25(29,30)35-21/h2-12,32H,13H2,1H3,(H,31,34). The van der Waals surface area contributed by atoms with Crippen molar-refractivity contribution in [3.8, 4) is 5.75 Å². The number of aryl methyl sites for hydroxylation is 1. The number of halogens is 5. The lowest BCUT2D eigenvalue weighted by Gasteiger charge is -2.19. The normalized spacial score (nSPS) is 17.6. The molecule has 5 rings (SSSR count). The largest absolute Gasteiger partial charge is 0.469 e. The molecule has 0 fully saturated rings. The number of fused-ring (bicyclic) bond motifs is 1. The first-order valence-corrected chi connectivity index (χ1v) is 10.6. The van der Waals surface area contributed by atoms with Crippen molar-refractivity contribution in [2.45, 2.75) is 19.0 Å². The fourth-order valence-corrected chi connectivity index (χ4v) is 3.96. The third kappa shape index (κ3) is 3.94. The first-order valence-electron chi connectivity index (χ1n) is 10.6. The van der Waals surface area contributed by atoms with Crippen LogP contribution in [0.4, 0.5) is 32.4 Å². The van der Waals surface area contributed by atoms with Crippen molar-refractivity contribution < 1.29 is 31.5 Å². The molecule has 0 atom stereocenters. The molecule has 3 aromatic rings. The summed E-state index contributed by atoms with van der Waals surface area (Å²) < 4.78 is 73.0. The molecule has 2 aliphatic rings. The van der Waals surface area contributed by atoms with Gasteiger partial charge in [0.15, 0.2) is 0 Å². The second-order valence-electron chi connectivity index (χ2n) is 8.26. The first-order chi connectivity index (χ1) is 16.5. The summed E-state index contributed by atoms with van der Waals surface area (Å²) in [5.74, 6) is -5.65. The Kier molecular flexibility index (Phi) is 5.19. The van der Waals surface area contributed by atoms with Gasteiger partial charge in [0.05, 0.1) is 17.8 Å². The summed E-state index contributed by atoms with van der Waals surface area (Å²) in [6.07, 6.45) is -4.68. The van der Waals surface area contributed by atoms with Crippen molar-refractivity contribution >= 4 is 23.0 Å². The molecule has 2 heterocycles. The van der Waals surface area contributed by atoms with Crippen molar-refractivity contribution in [1.29, 1.82) is 0 Å². The molecule has 2 amide bonds. The van der Waals surface area contributed by atoms with E-state index in [4.69, 9.17) is 0 Å². The van der Waals surface area contributed by atoms with Gasteiger partial charge in [0.25, 0.3) is 0 Å². The van der Waals surface area contributed by atoms with E-state index >= 15 is 0 Å². The summed E-state index contributed by atoms with van der Waals surface area (Å²) in [6.45, 7) is 1.95. The van der Waals surface area contributed by atoms with Gasteiger partial charge in [-0.1, -0.05) is 42.0 Å². The van der Waals surface area contributed by atoms with Gasteiger partial charge < -0.3 is 10.1 Å². The highest BCUT2D eigenvalue weighted by molar-refractivity contribution is 5.98. The number of amides is 2. The zero-order valence-corrected chi connectivity index (χ0v) is 18.2. The number of nitrogens with one attached hydrogen (secondary N) is 2. The van der Waals surface area contributed by atoms with Gasteiger partial charge in [-0.3, -0.25) is 5.43 Å². The number of carbonyl (C=O) groups excluding carboxylic acids is 1. The van der Waals surface area contributed by atoms with Crippen LogP contribution < -0.4 is 15.5 Å². The number of hydrogen-bond acceptors (Lipinski definition) is 3. The van der Waals surface area contributed by atoms with E-state index in [2.05, 4.69) is 15.5 Å². The summed E-state index contributed by atoms with van der Waals surface area (Å²) in [7, 11) is 0. The average molecular weight is 487 g/mol. The fraction of sp³-hybridized carbons (Fsp3) is 0.160. The molecule has 0 saturated carbocycles. The topological polar surface area (TPSA) is 53.6 Å². The maximum absolute atomic E-state index is 14.0. The predicted octanol–water partition coefficient (Wildman–Crippen LogP) is 6.13. The van der Waals surface area contributed by atoms with Crippen LogP contribution >= 0.6 is 0 Å². The minimum Gasteiger partial charge on any atom is -0.427 e. The minimum absolute atomic E-state index is 0.0286. The highest BCUT2D eigenvalue weighted by atomic mass is 19.3. The number of hydrogen-bond donors (Lipinski definition) is 2. The van der Waals surface area contributed by atoms with Crippen molar-refractivity contribution in [3.63, 3.8) is 0 Å². The van der Waals surface area contributed by atoms with Gasteiger partial charge in [0.2, 0.25) is 0 Å². The van der Waals surface area contributed by atoms with Gasteiger partial charge >= 0.3 is 18.1 Å². The van der Waals surface area contributed by atoms with Crippen LogP contribution in [0.15, 0.2) is 66.7 Å². The smallest absolute Gasteiger partial charge is 0.427 e. The van der Waals surface area contributed by atoms with Crippen molar-refractivity contribution in [2.75, 3.05) is 11.9 Å². The van der Waals surface area contributed by atoms with Crippen LogP contribution in [0.2, 0.25) is 0 Å². The molecular formula is C25H18F5N3O2. The van der Waals surface area contributed by atoms with Crippen LogP contribution in [-0.2, 0) is 5.92 Å². The zero-order chi connectivity index (χ0) is 25.0. The van der Waals surface area contributed by atoms with Crippen LogP contribution in [0.3, 0.4) is 0 Å². The number of hydrazine groups is 1. The molecule has 2 aliphatic heterocycles. The van der Waals surface area contributed by atoms with Gasteiger partial charge in [-0.15, -0.1) is 0 Å². The van der Waals surface area contributed by atoms with Gasteiger partial charge in [0.1, 0.15) is 11.6 Å². The first kappa shape index (κ1) is 22.7. The van der Waals surface area contributed by atoms with E-state index in [0.29, 0.717) is 16.8 Å². The Morgan fingerprint density at radius 3 is 2.46 bits per heavy atom. The number of urea groups is 1. The fourth-order valence-electron chi connectivity index (χ4n) is 3.96. The molecule has 180 valence electrons. The molecule has 3 aromatic carbocycles. The van der Waals surface area contributed by atoms with E-state index < -0.39 is 35.2 Å². The number of benzene rings is 3. The molecule has 0 unspecified atom stereocenters. The van der Waals surface area contributed by atoms with Gasteiger partial charge in [-0.05, 0) is 48.4 Å². The highest BCUT2D eigenvalue weighted by Gasteiger charge is 2.66. The average Bonchev–Trinajstić information content (AvgIpc) is 3.32. The van der Waals surface area contributed by atoms with E-state index in [9.17, 15) is 26.7 Å². The number of alkyl halides is 4. The quantitative estimate of drug-likeness (QED) is 0.437. The van der Waals surface area contributed by atoms with Gasteiger partial charge in [0, 0.05) is 11.3 Å². The lowest BCUT2D eigenvalue weighted by molar-refractivity contribution is -0.296. The van der Waals surface area contributed by atoms with E-state index in [1.807, 2.05) is 31.2 Å². The second kappa shape index (κ2) is 8.00. The molecule has 2 N–H and O–H groups in total. The van der Waals surface area contributed by atoms with Crippen LogP contribution in [-0.4, -0.2) is 23.7 Å². The number of carbonyl (C=O) groups is 1. The Morgan fingerprint density at radius 2 is 1.74 bits per heavy atom. The van der Waals surface area contributed by atoms with Crippen LogP contribution in [0.5, 0.6) is 5.75 Å². The van der Waals surface area contributed by atoms with E-state index in [0.717, 1.165) is 23.3 Å². The Labute approximate surface area is 196 Å². The minimum atomic E-state index is -4.68. The third-order valence-corrected chi connectivity index (χ3v) is 5.80. The molecular weight excluding hydrogens is 469 g/mol. The monoisotopic (exact) mass is 487 g/mol. The molecule has 10 heteroatoms. The predicted molar refractivity (Wildman–Crippen MR) is 119 cm³/mol. The van der Waals surface area contributed by atoms with Gasteiger partial charge in [-0.2, -0.15) is 17.6 Å². The molecule has 0 aliphatic carbocycles. The Morgan fingerprint density at radius 1 is 1.00 bits per heavy atom. The molecule has 0 saturated heterocycles. The van der Waals surface area contributed by atoms with E-state index in [1.165, 1.54) is 23.2 Å². The molecule has 0 spiro atoms. The Hall–Kier alpha value is -4.08. The summed E-state index contributed by atoms with van der Waals surface area (Å²) in [4.78, 5) is 13.0. The molecule has 0 aromatic heterocycles. The molecule has 0 radical (unpaired) electrons. The van der Waals surface area contributed by atoms with Crippen LogP contribution in [0, 0.1) is 12.7 Å².